The van der Waals surface area contributed by atoms with Crippen LogP contribution < -0.4 is 5.32 Å². The van der Waals surface area contributed by atoms with Crippen molar-refractivity contribution >= 4 is 17.3 Å². The van der Waals surface area contributed by atoms with Crippen molar-refractivity contribution in [1.82, 2.24) is 15.2 Å². The van der Waals surface area contributed by atoms with E-state index in [0.29, 0.717) is 30.7 Å². The van der Waals surface area contributed by atoms with E-state index in [-0.39, 0.29) is 12.6 Å². The molecule has 1 N–H and O–H groups in total. The molecule has 1 aliphatic rings. The Bertz CT molecular complexity index is 806. The smallest absolute Gasteiger partial charge is 0.370 e. The van der Waals surface area contributed by atoms with Crippen molar-refractivity contribution in [2.75, 3.05) is 26.7 Å². The van der Waals surface area contributed by atoms with Gasteiger partial charge < -0.3 is 15.0 Å². The summed E-state index contributed by atoms with van der Waals surface area (Å²) in [6.07, 6.45) is -4.49. The largest absolute Gasteiger partial charge is 0.434 e. The summed E-state index contributed by atoms with van der Waals surface area (Å²) < 4.78 is 43.9. The Labute approximate surface area is 159 Å². The van der Waals surface area contributed by atoms with Crippen LogP contribution >= 0.6 is 11.3 Å². The molecule has 0 bridgehead atoms. The van der Waals surface area contributed by atoms with E-state index in [4.69, 9.17) is 4.74 Å². The molecule has 1 aromatic heterocycles. The zero-order valence-electron chi connectivity index (χ0n) is 15.1. The number of aromatic nitrogens is 1. The molecule has 146 valence electrons. The summed E-state index contributed by atoms with van der Waals surface area (Å²) in [4.78, 5) is 9.96. The van der Waals surface area contributed by atoms with Crippen molar-refractivity contribution in [3.63, 3.8) is 0 Å². The molecule has 0 radical (unpaired) electrons. The van der Waals surface area contributed by atoms with Gasteiger partial charge in [-0.2, -0.15) is 13.2 Å². The predicted octanol–water partition coefficient (Wildman–Crippen LogP) is 3.62. The first-order chi connectivity index (χ1) is 12.9. The molecule has 3 rings (SSSR count). The third kappa shape index (κ3) is 4.78. The third-order valence-electron chi connectivity index (χ3n) is 4.35. The Balaban J connectivity index is 1.63. The Morgan fingerprint density at radius 1 is 1.41 bits per heavy atom. The SMILES string of the molecule is CN=C(NCc1nc(C(F)(F)F)cs1)N1CCOC(c2ccccc2C)C1. The zero-order chi connectivity index (χ0) is 19.4. The van der Waals surface area contributed by atoms with Gasteiger partial charge >= 0.3 is 6.18 Å². The maximum absolute atomic E-state index is 12.7. The number of thiazole rings is 1. The van der Waals surface area contributed by atoms with Crippen molar-refractivity contribution in [2.45, 2.75) is 25.7 Å². The number of ether oxygens (including phenoxy) is 1. The fourth-order valence-electron chi connectivity index (χ4n) is 2.99. The van der Waals surface area contributed by atoms with Gasteiger partial charge in [0.05, 0.1) is 19.7 Å². The number of hydrogen-bond acceptors (Lipinski definition) is 4. The van der Waals surface area contributed by atoms with E-state index in [9.17, 15) is 13.2 Å². The van der Waals surface area contributed by atoms with Gasteiger partial charge in [-0.15, -0.1) is 11.3 Å². The predicted molar refractivity (Wildman–Crippen MR) is 98.8 cm³/mol. The van der Waals surface area contributed by atoms with E-state index >= 15 is 0 Å². The second-order valence-electron chi connectivity index (χ2n) is 6.19. The van der Waals surface area contributed by atoms with Crippen LogP contribution in [0.4, 0.5) is 13.2 Å². The molecular formula is C18H21F3N4OS. The standard InChI is InChI=1S/C18H21F3N4OS/c1-12-5-3-4-6-13(12)14-10-25(7-8-26-14)17(22-2)23-9-16-24-15(11-27-16)18(19,20)21/h3-6,11,14H,7-10H2,1-2H3,(H,22,23). The molecular weight excluding hydrogens is 377 g/mol. The highest BCUT2D eigenvalue weighted by Gasteiger charge is 2.33. The Morgan fingerprint density at radius 3 is 2.85 bits per heavy atom. The molecule has 2 heterocycles. The van der Waals surface area contributed by atoms with Crippen molar-refractivity contribution in [3.8, 4) is 0 Å². The number of nitrogens with zero attached hydrogens (tertiary/aromatic N) is 3. The van der Waals surface area contributed by atoms with Gasteiger partial charge in [0.25, 0.3) is 0 Å². The highest BCUT2D eigenvalue weighted by Crippen LogP contribution is 2.30. The average Bonchev–Trinajstić information content (AvgIpc) is 3.12. The van der Waals surface area contributed by atoms with Gasteiger partial charge in [-0.3, -0.25) is 4.99 Å². The lowest BCUT2D eigenvalue weighted by molar-refractivity contribution is -0.140. The molecule has 27 heavy (non-hydrogen) atoms. The molecule has 2 aromatic rings. The summed E-state index contributed by atoms with van der Waals surface area (Å²) in [5, 5.41) is 4.51. The first kappa shape index (κ1) is 19.6. The number of benzene rings is 1. The topological polar surface area (TPSA) is 49.8 Å². The lowest BCUT2D eigenvalue weighted by atomic mass is 10.0. The first-order valence-corrected chi connectivity index (χ1v) is 9.40. The summed E-state index contributed by atoms with van der Waals surface area (Å²) in [5.74, 6) is 0.626. The van der Waals surface area contributed by atoms with Crippen molar-refractivity contribution in [2.24, 2.45) is 4.99 Å². The molecule has 0 aliphatic carbocycles. The number of aliphatic imine (C=N–C) groups is 1. The second kappa shape index (κ2) is 8.26. The fraction of sp³-hybridized carbons (Fsp3) is 0.444. The number of halogens is 3. The van der Waals surface area contributed by atoms with Crippen LogP contribution in [0.25, 0.3) is 0 Å². The van der Waals surface area contributed by atoms with Gasteiger partial charge in [0.1, 0.15) is 11.1 Å². The molecule has 9 heteroatoms. The minimum atomic E-state index is -4.42. The van der Waals surface area contributed by atoms with Crippen molar-refractivity contribution < 1.29 is 17.9 Å². The third-order valence-corrected chi connectivity index (χ3v) is 5.20. The lowest BCUT2D eigenvalue weighted by Crippen LogP contribution is -2.48. The second-order valence-corrected chi connectivity index (χ2v) is 7.13. The summed E-state index contributed by atoms with van der Waals surface area (Å²) >= 11 is 0.983. The van der Waals surface area contributed by atoms with E-state index in [1.54, 1.807) is 7.05 Å². The number of nitrogens with one attached hydrogen (secondary N) is 1. The van der Waals surface area contributed by atoms with Crippen LogP contribution in [0.1, 0.15) is 27.9 Å². The van der Waals surface area contributed by atoms with Crippen LogP contribution in [0.15, 0.2) is 34.6 Å². The number of alkyl halides is 3. The van der Waals surface area contributed by atoms with Crippen molar-refractivity contribution in [1.29, 1.82) is 0 Å². The normalized spacial score (nSPS) is 18.6. The van der Waals surface area contributed by atoms with Crippen LogP contribution in [0.3, 0.4) is 0 Å². The van der Waals surface area contributed by atoms with Crippen LogP contribution in [0, 0.1) is 6.92 Å². The molecule has 0 spiro atoms. The van der Waals surface area contributed by atoms with Crippen LogP contribution in [-0.2, 0) is 17.5 Å². The quantitative estimate of drug-likeness (QED) is 0.634. The molecule has 0 saturated carbocycles. The van der Waals surface area contributed by atoms with Crippen LogP contribution in [0.2, 0.25) is 0 Å². The van der Waals surface area contributed by atoms with Gasteiger partial charge in [-0.25, -0.2) is 4.98 Å². The Morgan fingerprint density at radius 2 is 2.19 bits per heavy atom. The first-order valence-electron chi connectivity index (χ1n) is 8.53. The number of aryl methyl sites for hydroxylation is 1. The van der Waals surface area contributed by atoms with E-state index in [0.717, 1.165) is 27.8 Å². The summed E-state index contributed by atoms with van der Waals surface area (Å²) in [6.45, 7) is 4.07. The molecule has 0 amide bonds. The number of rotatable bonds is 3. The van der Waals surface area contributed by atoms with Gasteiger partial charge in [-0.1, -0.05) is 24.3 Å². The number of morpholine rings is 1. The Hall–Kier alpha value is -2.13. The minimum absolute atomic E-state index is 0.0739. The molecule has 1 saturated heterocycles. The monoisotopic (exact) mass is 398 g/mol. The maximum Gasteiger partial charge on any atom is 0.434 e. The highest BCUT2D eigenvalue weighted by atomic mass is 32.1. The van der Waals surface area contributed by atoms with E-state index < -0.39 is 11.9 Å². The van der Waals surface area contributed by atoms with Crippen LogP contribution in [-0.4, -0.2) is 42.6 Å². The number of hydrogen-bond donors (Lipinski definition) is 1. The maximum atomic E-state index is 12.7. The van der Waals surface area contributed by atoms with E-state index in [2.05, 4.69) is 20.2 Å². The molecule has 1 aromatic carbocycles. The van der Waals surface area contributed by atoms with Gasteiger partial charge in [0.2, 0.25) is 0 Å². The molecule has 1 aliphatic heterocycles. The van der Waals surface area contributed by atoms with Crippen molar-refractivity contribution in [3.05, 3.63) is 51.5 Å². The number of guanidine groups is 1. The minimum Gasteiger partial charge on any atom is -0.370 e. The molecule has 5 nitrogen and oxygen atoms in total. The highest BCUT2D eigenvalue weighted by molar-refractivity contribution is 7.09. The summed E-state index contributed by atoms with van der Waals surface area (Å²) in [7, 11) is 1.66. The Kier molecular flexibility index (Phi) is 6.01. The van der Waals surface area contributed by atoms with Gasteiger partial charge in [-0.05, 0) is 18.1 Å². The van der Waals surface area contributed by atoms with E-state index in [1.807, 2.05) is 31.2 Å². The summed E-state index contributed by atoms with van der Waals surface area (Å²) in [5.41, 5.74) is 1.44. The van der Waals surface area contributed by atoms with Gasteiger partial charge in [0, 0.05) is 19.0 Å². The fourth-order valence-corrected chi connectivity index (χ4v) is 3.73. The molecule has 1 fully saturated rings. The summed E-state index contributed by atoms with van der Waals surface area (Å²) in [6, 6.07) is 8.07. The average molecular weight is 398 g/mol. The van der Waals surface area contributed by atoms with Gasteiger partial charge in [0.15, 0.2) is 11.7 Å². The van der Waals surface area contributed by atoms with Crippen LogP contribution in [0.5, 0.6) is 0 Å². The zero-order valence-corrected chi connectivity index (χ0v) is 15.9. The lowest BCUT2D eigenvalue weighted by Gasteiger charge is -2.35. The van der Waals surface area contributed by atoms with E-state index in [1.165, 1.54) is 0 Å². The molecule has 1 unspecified atom stereocenters. The molecule has 1 atom stereocenters.